The van der Waals surface area contributed by atoms with E-state index in [9.17, 15) is 12.8 Å². The highest BCUT2D eigenvalue weighted by Crippen LogP contribution is 2.35. The fourth-order valence-corrected chi connectivity index (χ4v) is 4.17. The second kappa shape index (κ2) is 6.71. The molecule has 0 unspecified atom stereocenters. The zero-order valence-electron chi connectivity index (χ0n) is 15.3. The van der Waals surface area contributed by atoms with E-state index in [2.05, 4.69) is 10.1 Å². The number of piperidine rings is 1. The number of hydrogen-bond acceptors (Lipinski definition) is 7. The number of hydrogen-bond donors (Lipinski definition) is 2. The number of halogens is 1. The van der Waals surface area contributed by atoms with E-state index in [1.54, 1.807) is 28.8 Å². The summed E-state index contributed by atoms with van der Waals surface area (Å²) in [5.41, 5.74) is 14.9. The number of alkyl halides is 1. The number of nitrogens with zero attached hydrogens (tertiary/aromatic N) is 4. The highest BCUT2D eigenvalue weighted by molar-refractivity contribution is 7.90. The van der Waals surface area contributed by atoms with Crippen LogP contribution in [0.15, 0.2) is 41.6 Å². The SMILES string of the molecule is CS(=O)(=O)c1ccc(-c2cc(N3CC[C@H](F)[C@H](N)C3)c3c(N)ncnn23)cc1. The molecule has 0 spiro atoms. The molecule has 3 heterocycles. The molecule has 0 saturated carbocycles. The second-order valence-corrected chi connectivity index (χ2v) is 9.05. The molecule has 148 valence electrons. The molecule has 0 aliphatic carbocycles. The van der Waals surface area contributed by atoms with E-state index in [1.165, 1.54) is 12.6 Å². The van der Waals surface area contributed by atoms with Gasteiger partial charge in [-0.3, -0.25) is 0 Å². The average Bonchev–Trinajstić information content (AvgIpc) is 3.04. The van der Waals surface area contributed by atoms with E-state index < -0.39 is 22.1 Å². The first-order valence-electron chi connectivity index (χ1n) is 8.83. The summed E-state index contributed by atoms with van der Waals surface area (Å²) in [5.74, 6) is 0.306. The zero-order valence-corrected chi connectivity index (χ0v) is 16.1. The van der Waals surface area contributed by atoms with Crippen molar-refractivity contribution in [2.75, 3.05) is 30.0 Å². The summed E-state index contributed by atoms with van der Waals surface area (Å²) >= 11 is 0. The van der Waals surface area contributed by atoms with E-state index in [0.717, 1.165) is 16.9 Å². The Bertz CT molecular complexity index is 1130. The van der Waals surface area contributed by atoms with Crippen molar-refractivity contribution in [2.24, 2.45) is 5.73 Å². The van der Waals surface area contributed by atoms with Crippen molar-refractivity contribution in [3.8, 4) is 11.3 Å². The fourth-order valence-electron chi connectivity index (χ4n) is 3.54. The summed E-state index contributed by atoms with van der Waals surface area (Å²) in [6.07, 6.45) is 1.84. The minimum atomic E-state index is -3.28. The van der Waals surface area contributed by atoms with Crippen molar-refractivity contribution in [3.05, 3.63) is 36.7 Å². The van der Waals surface area contributed by atoms with Gasteiger partial charge in [0.15, 0.2) is 15.7 Å². The number of nitrogens with two attached hydrogens (primary N) is 2. The second-order valence-electron chi connectivity index (χ2n) is 7.03. The fraction of sp³-hybridized carbons (Fsp3) is 0.333. The Hall–Kier alpha value is -2.72. The van der Waals surface area contributed by atoms with Gasteiger partial charge >= 0.3 is 0 Å². The molecular formula is C18H21FN6O2S. The van der Waals surface area contributed by atoms with Crippen molar-refractivity contribution in [2.45, 2.75) is 23.5 Å². The summed E-state index contributed by atoms with van der Waals surface area (Å²) in [4.78, 5) is 6.31. The maximum Gasteiger partial charge on any atom is 0.175 e. The van der Waals surface area contributed by atoms with Gasteiger partial charge in [-0.15, -0.1) is 0 Å². The van der Waals surface area contributed by atoms with Crippen LogP contribution in [0.2, 0.25) is 0 Å². The smallest absolute Gasteiger partial charge is 0.175 e. The number of benzene rings is 1. The zero-order chi connectivity index (χ0) is 20.1. The van der Waals surface area contributed by atoms with Crippen LogP contribution in [0.1, 0.15) is 6.42 Å². The third kappa shape index (κ3) is 3.18. The van der Waals surface area contributed by atoms with Crippen LogP contribution in [0, 0.1) is 0 Å². The van der Waals surface area contributed by atoms with Crippen LogP contribution in [-0.4, -0.2) is 54.6 Å². The summed E-state index contributed by atoms with van der Waals surface area (Å²) in [6.45, 7) is 0.872. The number of aromatic nitrogens is 3. The van der Waals surface area contributed by atoms with Gasteiger partial charge in [0.1, 0.15) is 18.0 Å². The van der Waals surface area contributed by atoms with Crippen molar-refractivity contribution in [1.82, 2.24) is 14.6 Å². The lowest BCUT2D eigenvalue weighted by Crippen LogP contribution is -2.49. The van der Waals surface area contributed by atoms with Crippen molar-refractivity contribution in [3.63, 3.8) is 0 Å². The van der Waals surface area contributed by atoms with E-state index >= 15 is 0 Å². The quantitative estimate of drug-likeness (QED) is 0.674. The highest BCUT2D eigenvalue weighted by atomic mass is 32.2. The third-order valence-corrected chi connectivity index (χ3v) is 6.18. The number of rotatable bonds is 3. The van der Waals surface area contributed by atoms with Crippen molar-refractivity contribution >= 4 is 26.9 Å². The average molecular weight is 404 g/mol. The van der Waals surface area contributed by atoms with Crippen LogP contribution in [0.25, 0.3) is 16.8 Å². The predicted octanol–water partition coefficient (Wildman–Crippen LogP) is 1.26. The summed E-state index contributed by atoms with van der Waals surface area (Å²) in [5, 5.41) is 4.31. The van der Waals surface area contributed by atoms with Gasteiger partial charge in [-0.25, -0.2) is 22.3 Å². The lowest BCUT2D eigenvalue weighted by Gasteiger charge is -2.34. The van der Waals surface area contributed by atoms with Crippen LogP contribution in [0.3, 0.4) is 0 Å². The molecule has 28 heavy (non-hydrogen) atoms. The van der Waals surface area contributed by atoms with Crippen molar-refractivity contribution in [1.29, 1.82) is 0 Å². The molecular weight excluding hydrogens is 383 g/mol. The molecule has 3 aromatic rings. The van der Waals surface area contributed by atoms with Crippen LogP contribution in [0.5, 0.6) is 0 Å². The number of sulfone groups is 1. The molecule has 8 nitrogen and oxygen atoms in total. The Kier molecular flexibility index (Phi) is 4.47. The maximum atomic E-state index is 13.8. The van der Waals surface area contributed by atoms with Crippen LogP contribution < -0.4 is 16.4 Å². The Labute approximate surface area is 161 Å². The van der Waals surface area contributed by atoms with E-state index in [0.29, 0.717) is 30.8 Å². The molecule has 1 aromatic carbocycles. The van der Waals surface area contributed by atoms with Gasteiger partial charge < -0.3 is 16.4 Å². The number of nitrogen functional groups attached to an aromatic ring is 1. The number of fused-ring (bicyclic) bond motifs is 1. The maximum absolute atomic E-state index is 13.8. The first kappa shape index (κ1) is 18.6. The van der Waals surface area contributed by atoms with Crippen LogP contribution in [0.4, 0.5) is 15.9 Å². The van der Waals surface area contributed by atoms with Gasteiger partial charge in [-0.05, 0) is 24.6 Å². The lowest BCUT2D eigenvalue weighted by atomic mass is 10.0. The van der Waals surface area contributed by atoms with E-state index in [-0.39, 0.29) is 4.90 Å². The Morgan fingerprint density at radius 3 is 2.61 bits per heavy atom. The normalized spacial score (nSPS) is 20.6. The van der Waals surface area contributed by atoms with Crippen LogP contribution >= 0.6 is 0 Å². The van der Waals surface area contributed by atoms with Crippen molar-refractivity contribution < 1.29 is 12.8 Å². The first-order valence-corrected chi connectivity index (χ1v) is 10.7. The molecule has 2 aromatic heterocycles. The van der Waals surface area contributed by atoms with E-state index in [4.69, 9.17) is 11.5 Å². The van der Waals surface area contributed by atoms with Gasteiger partial charge in [0.05, 0.1) is 22.3 Å². The standard InChI is InChI=1S/C18H21FN6O2S/c1-28(26,27)12-4-2-11(3-5-12)15-8-16(17-18(21)22-10-23-25(15)17)24-7-6-13(19)14(20)9-24/h2-5,8,10,13-14H,6-7,9,20H2,1H3,(H2,21,22,23)/t13-,14+/m0/s1. The van der Waals surface area contributed by atoms with Gasteiger partial charge in [0.2, 0.25) is 0 Å². The number of anilines is 2. The molecule has 1 aliphatic heterocycles. The molecule has 0 radical (unpaired) electrons. The minimum Gasteiger partial charge on any atom is -0.382 e. The first-order chi connectivity index (χ1) is 13.3. The molecule has 2 atom stereocenters. The Balaban J connectivity index is 1.83. The Morgan fingerprint density at radius 1 is 1.25 bits per heavy atom. The summed E-state index contributed by atoms with van der Waals surface area (Å²) in [6, 6.07) is 7.88. The molecule has 1 fully saturated rings. The molecule has 4 N–H and O–H groups in total. The third-order valence-electron chi connectivity index (χ3n) is 5.05. The molecule has 1 aliphatic rings. The minimum absolute atomic E-state index is 0.238. The highest BCUT2D eigenvalue weighted by Gasteiger charge is 2.29. The molecule has 10 heteroatoms. The summed E-state index contributed by atoms with van der Waals surface area (Å²) < 4.78 is 38.9. The van der Waals surface area contributed by atoms with E-state index in [1.807, 2.05) is 11.0 Å². The van der Waals surface area contributed by atoms with Gasteiger partial charge in [0.25, 0.3) is 0 Å². The van der Waals surface area contributed by atoms with Gasteiger partial charge in [-0.1, -0.05) is 12.1 Å². The molecule has 1 saturated heterocycles. The summed E-state index contributed by atoms with van der Waals surface area (Å²) in [7, 11) is -3.28. The van der Waals surface area contributed by atoms with Crippen LogP contribution in [-0.2, 0) is 9.84 Å². The molecule has 4 rings (SSSR count). The van der Waals surface area contributed by atoms with Gasteiger partial charge in [-0.2, -0.15) is 5.10 Å². The van der Waals surface area contributed by atoms with Gasteiger partial charge in [0, 0.05) is 24.9 Å². The molecule has 0 bridgehead atoms. The monoisotopic (exact) mass is 404 g/mol. The topological polar surface area (TPSA) is 120 Å². The molecule has 0 amide bonds. The Morgan fingerprint density at radius 2 is 1.96 bits per heavy atom. The lowest BCUT2D eigenvalue weighted by molar-refractivity contribution is 0.245. The largest absolute Gasteiger partial charge is 0.382 e. The predicted molar refractivity (Wildman–Crippen MR) is 106 cm³/mol.